The first kappa shape index (κ1) is 31.7. The third-order valence-corrected chi connectivity index (χ3v) is 10.5. The maximum atomic E-state index is 13.7. The predicted molar refractivity (Wildman–Crippen MR) is 171 cm³/mol. The molecule has 3 aromatic rings. The highest BCUT2D eigenvalue weighted by atomic mass is 127. The van der Waals surface area contributed by atoms with E-state index in [0.29, 0.717) is 62.6 Å². The minimum absolute atomic E-state index is 0.107. The Labute approximate surface area is 255 Å². The zero-order chi connectivity index (χ0) is 29.4. The van der Waals surface area contributed by atoms with Gasteiger partial charge in [-0.15, -0.1) is 6.42 Å². The Morgan fingerprint density at radius 2 is 1.71 bits per heavy atom. The van der Waals surface area contributed by atoms with Gasteiger partial charge in [0.2, 0.25) is 0 Å². The molecule has 0 bridgehead atoms. The number of hydrogen-bond acceptors (Lipinski definition) is 6. The van der Waals surface area contributed by atoms with E-state index < -0.39 is 13.3 Å². The van der Waals surface area contributed by atoms with E-state index in [1.165, 1.54) is 22.0 Å². The van der Waals surface area contributed by atoms with Crippen molar-refractivity contribution in [1.82, 2.24) is 18.7 Å². The average molecular weight is 695 g/mol. The van der Waals surface area contributed by atoms with E-state index in [0.717, 1.165) is 29.7 Å². The molecule has 11 heteroatoms. The molecule has 0 amide bonds. The van der Waals surface area contributed by atoms with Crippen LogP contribution in [0.1, 0.15) is 63.8 Å². The molecule has 4 rings (SSSR count). The van der Waals surface area contributed by atoms with Gasteiger partial charge < -0.3 is 13.6 Å². The smallest absolute Gasteiger partial charge is 0.322 e. The summed E-state index contributed by atoms with van der Waals surface area (Å²) in [6.45, 7) is 5.09. The predicted octanol–water partition coefficient (Wildman–Crippen LogP) is 5.62. The first-order valence-electron chi connectivity index (χ1n) is 14.6. The molecule has 2 heterocycles. The van der Waals surface area contributed by atoms with Gasteiger partial charge in [-0.25, -0.2) is 14.3 Å². The molecule has 1 aliphatic carbocycles. The van der Waals surface area contributed by atoms with Crippen LogP contribution in [0.3, 0.4) is 0 Å². The highest BCUT2D eigenvalue weighted by Gasteiger charge is 2.26. The number of benzene rings is 1. The molecular weight excluding hydrogens is 654 g/mol. The van der Waals surface area contributed by atoms with Crippen LogP contribution in [0.2, 0.25) is 0 Å². The molecule has 41 heavy (non-hydrogen) atoms. The number of aromatic nitrogens is 4. The number of nitrogens with zero attached hydrogens (tertiary/aromatic N) is 4. The molecule has 0 unspecified atom stereocenters. The molecule has 0 radical (unpaired) electrons. The van der Waals surface area contributed by atoms with Crippen LogP contribution in [-0.4, -0.2) is 38.1 Å². The summed E-state index contributed by atoms with van der Waals surface area (Å²) in [7, 11) is -3.18. The number of halogens is 1. The summed E-state index contributed by atoms with van der Waals surface area (Å²) in [5, 5.41) is 0. The second kappa shape index (κ2) is 14.8. The van der Waals surface area contributed by atoms with E-state index in [1.807, 2.05) is 0 Å². The van der Waals surface area contributed by atoms with Gasteiger partial charge in [0, 0.05) is 23.1 Å². The van der Waals surface area contributed by atoms with Crippen LogP contribution < -0.4 is 11.2 Å². The Morgan fingerprint density at radius 1 is 1.02 bits per heavy atom. The van der Waals surface area contributed by atoms with Gasteiger partial charge in [0.25, 0.3) is 5.56 Å². The van der Waals surface area contributed by atoms with Crippen LogP contribution in [0.5, 0.6) is 0 Å². The Bertz CT molecular complexity index is 1520. The zero-order valence-corrected chi connectivity index (χ0v) is 27.1. The van der Waals surface area contributed by atoms with E-state index >= 15 is 0 Å². The van der Waals surface area contributed by atoms with Crippen LogP contribution in [0.4, 0.5) is 0 Å². The standard InChI is InChI=1S/C30H40IN4O5P/c1-4-19-34-29(36)27-28(33(30(34)37)20-9-10-21-41(38,39-5-2)40-6-3)32-26(35(27)22-24-11-7-8-12-24)18-15-23-13-16-25(31)17-14-23/h1,13-14,16-17,24H,5-12,15,18-22H2,2-3H3. The van der Waals surface area contributed by atoms with Crippen LogP contribution in [0.15, 0.2) is 33.9 Å². The van der Waals surface area contributed by atoms with Gasteiger partial charge in [0.1, 0.15) is 5.82 Å². The molecule has 9 nitrogen and oxygen atoms in total. The lowest BCUT2D eigenvalue weighted by Crippen LogP contribution is -2.40. The van der Waals surface area contributed by atoms with Crippen molar-refractivity contribution in [2.75, 3.05) is 19.4 Å². The van der Waals surface area contributed by atoms with Gasteiger partial charge in [0.05, 0.1) is 25.9 Å². The minimum Gasteiger partial charge on any atom is -0.322 e. The van der Waals surface area contributed by atoms with Crippen LogP contribution >= 0.6 is 30.2 Å². The molecule has 1 saturated carbocycles. The lowest BCUT2D eigenvalue weighted by Gasteiger charge is -2.17. The largest absolute Gasteiger partial charge is 0.333 e. The lowest BCUT2D eigenvalue weighted by molar-refractivity contribution is 0.219. The van der Waals surface area contributed by atoms with Gasteiger partial charge in [0.15, 0.2) is 11.2 Å². The monoisotopic (exact) mass is 694 g/mol. The average Bonchev–Trinajstić information content (AvgIpc) is 3.59. The Morgan fingerprint density at radius 3 is 2.34 bits per heavy atom. The SMILES string of the molecule is C#CCn1c(=O)c2c(nc(CCc3ccc(I)cc3)n2CC2CCCC2)n(CCCCP(=O)(OCC)OCC)c1=O. The van der Waals surface area contributed by atoms with E-state index in [-0.39, 0.29) is 18.3 Å². The first-order valence-corrected chi connectivity index (χ1v) is 17.4. The van der Waals surface area contributed by atoms with Crippen molar-refractivity contribution in [1.29, 1.82) is 0 Å². The van der Waals surface area contributed by atoms with Crippen molar-refractivity contribution >= 4 is 41.4 Å². The Balaban J connectivity index is 1.71. The second-order valence-electron chi connectivity index (χ2n) is 10.5. The fourth-order valence-corrected chi connectivity index (χ4v) is 7.74. The number of unbranched alkanes of at least 4 members (excludes halogenated alkanes) is 1. The number of aryl methyl sites for hydroxylation is 3. The van der Waals surface area contributed by atoms with E-state index in [1.54, 1.807) is 18.4 Å². The van der Waals surface area contributed by atoms with Gasteiger partial charge >= 0.3 is 13.3 Å². The normalized spacial score (nSPS) is 14.2. The molecular formula is C30H40IN4O5P. The highest BCUT2D eigenvalue weighted by Crippen LogP contribution is 2.48. The second-order valence-corrected chi connectivity index (χ2v) is 13.9. The topological polar surface area (TPSA) is 97.3 Å². The summed E-state index contributed by atoms with van der Waals surface area (Å²) in [5.74, 6) is 3.75. The van der Waals surface area contributed by atoms with Crippen LogP contribution in [0.25, 0.3) is 11.2 Å². The van der Waals surface area contributed by atoms with E-state index in [4.69, 9.17) is 20.5 Å². The summed E-state index contributed by atoms with van der Waals surface area (Å²) in [6, 6.07) is 8.41. The zero-order valence-electron chi connectivity index (χ0n) is 24.0. The molecule has 2 aromatic heterocycles. The quantitative estimate of drug-likeness (QED) is 0.0888. The number of terminal acetylenes is 1. The van der Waals surface area contributed by atoms with Crippen molar-refractivity contribution in [2.45, 2.75) is 84.8 Å². The van der Waals surface area contributed by atoms with Gasteiger partial charge in [-0.1, -0.05) is 30.9 Å². The molecule has 0 aliphatic heterocycles. The molecule has 0 atom stereocenters. The number of imidazole rings is 1. The van der Waals surface area contributed by atoms with Gasteiger partial charge in [-0.3, -0.25) is 13.9 Å². The summed E-state index contributed by atoms with van der Waals surface area (Å²) in [4.78, 5) is 32.2. The van der Waals surface area contributed by atoms with Crippen molar-refractivity contribution in [3.63, 3.8) is 0 Å². The van der Waals surface area contributed by atoms with Crippen molar-refractivity contribution in [3.8, 4) is 12.3 Å². The van der Waals surface area contributed by atoms with E-state index in [9.17, 15) is 14.2 Å². The highest BCUT2D eigenvalue weighted by molar-refractivity contribution is 14.1. The molecule has 1 fully saturated rings. The summed E-state index contributed by atoms with van der Waals surface area (Å²) < 4.78 is 29.7. The molecule has 1 aromatic carbocycles. The molecule has 222 valence electrons. The third-order valence-electron chi connectivity index (χ3n) is 7.62. The fraction of sp³-hybridized carbons (Fsp3) is 0.567. The summed E-state index contributed by atoms with van der Waals surface area (Å²) in [6.07, 6.45) is 12.9. The summed E-state index contributed by atoms with van der Waals surface area (Å²) >= 11 is 2.29. The van der Waals surface area contributed by atoms with E-state index in [2.05, 4.69) is 57.3 Å². The third kappa shape index (κ3) is 7.81. The maximum absolute atomic E-state index is 13.7. The lowest BCUT2D eigenvalue weighted by atomic mass is 10.1. The van der Waals surface area contributed by atoms with Gasteiger partial charge in [-0.05, 0) is 92.2 Å². The summed E-state index contributed by atoms with van der Waals surface area (Å²) in [5.41, 5.74) is 1.19. The maximum Gasteiger partial charge on any atom is 0.333 e. The number of rotatable bonds is 15. The molecule has 0 spiro atoms. The van der Waals surface area contributed by atoms with Crippen LogP contribution in [-0.2, 0) is 46.1 Å². The van der Waals surface area contributed by atoms with Crippen molar-refractivity contribution in [2.24, 2.45) is 5.92 Å². The fourth-order valence-electron chi connectivity index (χ4n) is 5.65. The molecule has 0 saturated heterocycles. The van der Waals surface area contributed by atoms with Crippen molar-refractivity contribution < 1.29 is 13.6 Å². The Hall–Kier alpha value is -2.19. The number of fused-ring (bicyclic) bond motifs is 1. The molecule has 1 aliphatic rings. The molecule has 0 N–H and O–H groups in total. The first-order chi connectivity index (χ1) is 19.8. The Kier molecular flexibility index (Phi) is 11.5. The van der Waals surface area contributed by atoms with Crippen molar-refractivity contribution in [3.05, 3.63) is 60.1 Å². The number of hydrogen-bond donors (Lipinski definition) is 0. The minimum atomic E-state index is -3.18. The van der Waals surface area contributed by atoms with Gasteiger partial charge in [-0.2, -0.15) is 0 Å². The van der Waals surface area contributed by atoms with Crippen LogP contribution in [0, 0.1) is 21.8 Å².